The highest BCUT2D eigenvalue weighted by atomic mass is 32.1. The summed E-state index contributed by atoms with van der Waals surface area (Å²) in [4.78, 5) is 15.6. The fourth-order valence-corrected chi connectivity index (χ4v) is 5.19. The van der Waals surface area contributed by atoms with Crippen LogP contribution in [-0.2, 0) is 0 Å². The van der Waals surface area contributed by atoms with Crippen molar-refractivity contribution in [3.05, 3.63) is 63.3 Å². The van der Waals surface area contributed by atoms with E-state index in [1.807, 2.05) is 24.4 Å². The van der Waals surface area contributed by atoms with Gasteiger partial charge in [-0.2, -0.15) is 0 Å². The van der Waals surface area contributed by atoms with Gasteiger partial charge >= 0.3 is 0 Å². The highest BCUT2D eigenvalue weighted by molar-refractivity contribution is 7.17. The molecule has 3 nitrogen and oxygen atoms in total. The molecule has 1 N–H and O–H groups in total. The van der Waals surface area contributed by atoms with Crippen molar-refractivity contribution in [2.24, 2.45) is 0 Å². The first kappa shape index (κ1) is 19.7. The minimum atomic E-state index is -0.0255. The summed E-state index contributed by atoms with van der Waals surface area (Å²) < 4.78 is 6.55. The number of rotatable bonds is 6. The Morgan fingerprint density at radius 3 is 2.55 bits per heavy atom. The van der Waals surface area contributed by atoms with Crippen molar-refractivity contribution in [3.63, 3.8) is 0 Å². The molecule has 29 heavy (non-hydrogen) atoms. The predicted octanol–water partition coefficient (Wildman–Crippen LogP) is 7.02. The average Bonchev–Trinajstić information content (AvgIpc) is 3.23. The van der Waals surface area contributed by atoms with Crippen LogP contribution in [0.15, 0.2) is 46.6 Å². The number of thiophene rings is 1. The Morgan fingerprint density at radius 2 is 1.90 bits per heavy atom. The molecule has 0 aliphatic carbocycles. The number of ether oxygens (including phenoxy) is 1. The van der Waals surface area contributed by atoms with Gasteiger partial charge in [-0.05, 0) is 59.9 Å². The Kier molecular flexibility index (Phi) is 5.46. The fraction of sp³-hybridized carbons (Fsp3) is 0.320. The van der Waals surface area contributed by atoms with Crippen LogP contribution in [0.4, 0.5) is 0 Å². The van der Waals surface area contributed by atoms with Crippen LogP contribution in [0.25, 0.3) is 32.1 Å². The number of hydrogen-bond donors (Lipinski definition) is 1. The van der Waals surface area contributed by atoms with Gasteiger partial charge in [-0.1, -0.05) is 44.5 Å². The van der Waals surface area contributed by atoms with Crippen LogP contribution in [0.1, 0.15) is 50.2 Å². The molecule has 4 heteroatoms. The van der Waals surface area contributed by atoms with Gasteiger partial charge in [0.25, 0.3) is 5.56 Å². The summed E-state index contributed by atoms with van der Waals surface area (Å²) in [6.07, 6.45) is 3.56. The maximum atomic E-state index is 12.5. The number of aromatic nitrogens is 1. The summed E-state index contributed by atoms with van der Waals surface area (Å²) in [5.74, 6) is 1.44. The third-order valence-corrected chi connectivity index (χ3v) is 6.80. The van der Waals surface area contributed by atoms with Crippen molar-refractivity contribution in [3.8, 4) is 16.9 Å². The lowest BCUT2D eigenvalue weighted by atomic mass is 9.89. The number of aromatic amines is 1. The third-order valence-electron chi connectivity index (χ3n) is 5.89. The lowest BCUT2D eigenvalue weighted by Crippen LogP contribution is -2.06. The Morgan fingerprint density at radius 1 is 1.14 bits per heavy atom. The number of H-pyrrole nitrogens is 1. The smallest absolute Gasteiger partial charge is 0.266 e. The van der Waals surface area contributed by atoms with Crippen molar-refractivity contribution in [2.45, 2.75) is 46.0 Å². The summed E-state index contributed by atoms with van der Waals surface area (Å²) in [6.45, 7) is 6.52. The molecule has 4 aromatic rings. The zero-order valence-corrected chi connectivity index (χ0v) is 18.3. The van der Waals surface area contributed by atoms with Crippen LogP contribution in [-0.4, -0.2) is 12.1 Å². The van der Waals surface area contributed by atoms with E-state index in [1.165, 1.54) is 29.7 Å². The standard InChI is InChI=1S/C25H27NO2S/c1-5-7-16(6-2)17-8-10-18(11-9-17)21-20(28-4)14-15(3)23-22(21)19-12-13-29-24(19)25(27)26-23/h8-14,16H,5-7H2,1-4H3,(H,26,27)/t16-/m0/s1. The number of nitrogens with one attached hydrogen (secondary N) is 1. The maximum absolute atomic E-state index is 12.5. The molecule has 0 aliphatic rings. The van der Waals surface area contributed by atoms with Crippen LogP contribution in [0.2, 0.25) is 0 Å². The van der Waals surface area contributed by atoms with Crippen LogP contribution >= 0.6 is 11.3 Å². The van der Waals surface area contributed by atoms with E-state index in [4.69, 9.17) is 4.74 Å². The lowest BCUT2D eigenvalue weighted by molar-refractivity contribution is 0.416. The molecule has 0 spiro atoms. The molecule has 0 radical (unpaired) electrons. The first-order chi connectivity index (χ1) is 14.1. The molecule has 2 heterocycles. The minimum absolute atomic E-state index is 0.0255. The van der Waals surface area contributed by atoms with Crippen molar-refractivity contribution >= 4 is 32.3 Å². The average molecular weight is 406 g/mol. The molecule has 4 rings (SSSR count). The second-order valence-corrected chi connectivity index (χ2v) is 8.57. The molecule has 150 valence electrons. The molecular formula is C25H27NO2S. The number of aryl methyl sites for hydroxylation is 1. The SMILES string of the molecule is CCC[C@H](CC)c1ccc(-c2c(OC)cc(C)c3[nH]c(=O)c4sccc4c23)cc1. The van der Waals surface area contributed by atoms with E-state index in [9.17, 15) is 4.79 Å². The van der Waals surface area contributed by atoms with E-state index in [2.05, 4.69) is 43.1 Å². The Hall–Kier alpha value is -2.59. The Labute approximate surface area is 175 Å². The van der Waals surface area contributed by atoms with Crippen molar-refractivity contribution in [2.75, 3.05) is 7.11 Å². The quantitative estimate of drug-likeness (QED) is 0.374. The van der Waals surface area contributed by atoms with Crippen molar-refractivity contribution in [1.82, 2.24) is 4.98 Å². The molecule has 2 aromatic heterocycles. The summed E-state index contributed by atoms with van der Waals surface area (Å²) in [5, 5.41) is 4.04. The zero-order chi connectivity index (χ0) is 20.5. The molecule has 0 fully saturated rings. The molecular weight excluding hydrogens is 378 g/mol. The van der Waals surface area contributed by atoms with Gasteiger partial charge in [0, 0.05) is 16.3 Å². The molecule has 1 atom stereocenters. The first-order valence-corrected chi connectivity index (χ1v) is 11.2. The van der Waals surface area contributed by atoms with Crippen LogP contribution in [0.5, 0.6) is 5.75 Å². The summed E-state index contributed by atoms with van der Waals surface area (Å²) in [7, 11) is 1.71. The molecule has 0 bridgehead atoms. The fourth-order valence-electron chi connectivity index (χ4n) is 4.39. The largest absolute Gasteiger partial charge is 0.496 e. The number of pyridine rings is 1. The summed E-state index contributed by atoms with van der Waals surface area (Å²) in [5.41, 5.74) is 5.42. The van der Waals surface area contributed by atoms with E-state index in [-0.39, 0.29) is 5.56 Å². The highest BCUT2D eigenvalue weighted by Crippen LogP contribution is 2.42. The second-order valence-electron chi connectivity index (χ2n) is 7.65. The van der Waals surface area contributed by atoms with Crippen molar-refractivity contribution < 1.29 is 4.74 Å². The van der Waals surface area contributed by atoms with Crippen LogP contribution < -0.4 is 10.3 Å². The summed E-state index contributed by atoms with van der Waals surface area (Å²) >= 11 is 1.48. The minimum Gasteiger partial charge on any atom is -0.496 e. The van der Waals surface area contributed by atoms with Gasteiger partial charge in [0.05, 0.1) is 12.6 Å². The molecule has 2 aromatic carbocycles. The molecule has 0 amide bonds. The monoisotopic (exact) mass is 405 g/mol. The van der Waals surface area contributed by atoms with E-state index < -0.39 is 0 Å². The molecule has 0 unspecified atom stereocenters. The maximum Gasteiger partial charge on any atom is 0.266 e. The van der Waals surface area contributed by atoms with Gasteiger partial charge in [0.2, 0.25) is 0 Å². The Balaban J connectivity index is 1.99. The number of benzene rings is 2. The number of hydrogen-bond acceptors (Lipinski definition) is 3. The molecule has 0 saturated carbocycles. The van der Waals surface area contributed by atoms with Crippen LogP contribution in [0.3, 0.4) is 0 Å². The van der Waals surface area contributed by atoms with Gasteiger partial charge in [0.1, 0.15) is 10.4 Å². The number of fused-ring (bicyclic) bond motifs is 3. The van der Waals surface area contributed by atoms with Gasteiger partial charge in [-0.15, -0.1) is 11.3 Å². The van der Waals surface area contributed by atoms with E-state index in [0.29, 0.717) is 5.92 Å². The highest BCUT2D eigenvalue weighted by Gasteiger charge is 2.18. The lowest BCUT2D eigenvalue weighted by Gasteiger charge is -2.18. The van der Waals surface area contributed by atoms with Crippen molar-refractivity contribution in [1.29, 1.82) is 0 Å². The molecule has 0 aliphatic heterocycles. The van der Waals surface area contributed by atoms with Gasteiger partial charge in [-0.25, -0.2) is 0 Å². The third kappa shape index (κ3) is 3.36. The normalized spacial score (nSPS) is 12.6. The first-order valence-electron chi connectivity index (χ1n) is 10.3. The van der Waals surface area contributed by atoms with E-state index >= 15 is 0 Å². The topological polar surface area (TPSA) is 42.1 Å². The molecule has 0 saturated heterocycles. The zero-order valence-electron chi connectivity index (χ0n) is 17.5. The van der Waals surface area contributed by atoms with Gasteiger partial charge < -0.3 is 9.72 Å². The van der Waals surface area contributed by atoms with E-state index in [0.717, 1.165) is 49.8 Å². The second kappa shape index (κ2) is 8.03. The van der Waals surface area contributed by atoms with E-state index in [1.54, 1.807) is 7.11 Å². The number of methoxy groups -OCH3 is 1. The van der Waals surface area contributed by atoms with Gasteiger partial charge in [0.15, 0.2) is 0 Å². The van der Waals surface area contributed by atoms with Gasteiger partial charge in [-0.3, -0.25) is 4.79 Å². The Bertz CT molecular complexity index is 1220. The summed E-state index contributed by atoms with van der Waals surface area (Å²) in [6, 6.07) is 13.0. The van der Waals surface area contributed by atoms with Crippen LogP contribution in [0, 0.1) is 6.92 Å². The predicted molar refractivity (Wildman–Crippen MR) is 125 cm³/mol.